The van der Waals surface area contributed by atoms with Gasteiger partial charge in [0.2, 0.25) is 10.0 Å². The van der Waals surface area contributed by atoms with E-state index in [1.807, 2.05) is 0 Å². The second-order valence-electron chi connectivity index (χ2n) is 4.30. The van der Waals surface area contributed by atoms with Crippen LogP contribution in [-0.2, 0) is 10.0 Å². The Morgan fingerprint density at radius 1 is 1.12 bits per heavy atom. The second-order valence-corrected chi connectivity index (χ2v) is 6.24. The van der Waals surface area contributed by atoms with Crippen molar-refractivity contribution in [2.24, 2.45) is 0 Å². The molecule has 1 N–H and O–H groups in total. The Balaban J connectivity index is 2.21. The van der Waals surface area contributed by atoms with Crippen molar-refractivity contribution in [3.05, 3.63) is 30.3 Å². The van der Waals surface area contributed by atoms with Gasteiger partial charge < -0.3 is 5.11 Å². The minimum absolute atomic E-state index is 0.330. The summed E-state index contributed by atoms with van der Waals surface area (Å²) in [7, 11) is -3.39. The predicted molar refractivity (Wildman–Crippen MR) is 65.1 cm³/mol. The summed E-state index contributed by atoms with van der Waals surface area (Å²) in [4.78, 5) is 0.330. The third-order valence-corrected chi connectivity index (χ3v) is 4.95. The molecule has 94 valence electrons. The molecule has 0 bridgehead atoms. The molecule has 1 saturated heterocycles. The van der Waals surface area contributed by atoms with Gasteiger partial charge in [-0.05, 0) is 31.4 Å². The van der Waals surface area contributed by atoms with Crippen LogP contribution in [0.4, 0.5) is 0 Å². The van der Waals surface area contributed by atoms with E-state index in [0.29, 0.717) is 37.2 Å². The van der Waals surface area contributed by atoms with Gasteiger partial charge in [-0.25, -0.2) is 8.42 Å². The fourth-order valence-electron chi connectivity index (χ4n) is 2.03. The predicted octanol–water partition coefficient (Wildman–Crippen LogP) is 1.22. The quantitative estimate of drug-likeness (QED) is 0.864. The van der Waals surface area contributed by atoms with Crippen molar-refractivity contribution in [1.29, 1.82) is 0 Å². The van der Waals surface area contributed by atoms with Gasteiger partial charge in [-0.15, -0.1) is 0 Å². The lowest BCUT2D eigenvalue weighted by Crippen LogP contribution is -2.32. The lowest BCUT2D eigenvalue weighted by atomic mass is 10.2. The molecule has 0 spiro atoms. The first kappa shape index (κ1) is 12.5. The molecule has 0 radical (unpaired) electrons. The van der Waals surface area contributed by atoms with Crippen LogP contribution < -0.4 is 0 Å². The molecule has 1 aromatic rings. The van der Waals surface area contributed by atoms with E-state index < -0.39 is 10.0 Å². The van der Waals surface area contributed by atoms with Gasteiger partial charge in [-0.1, -0.05) is 18.2 Å². The van der Waals surface area contributed by atoms with Crippen LogP contribution in [0, 0.1) is 0 Å². The maximum atomic E-state index is 12.3. The number of nitrogens with zero attached hydrogens (tertiary/aromatic N) is 1. The van der Waals surface area contributed by atoms with Crippen molar-refractivity contribution in [2.45, 2.75) is 30.3 Å². The van der Waals surface area contributed by atoms with Gasteiger partial charge in [0.25, 0.3) is 0 Å². The smallest absolute Gasteiger partial charge is 0.243 e. The zero-order valence-corrected chi connectivity index (χ0v) is 10.4. The number of rotatable bonds is 2. The van der Waals surface area contributed by atoms with Crippen molar-refractivity contribution in [1.82, 2.24) is 4.31 Å². The molecule has 4 nitrogen and oxygen atoms in total. The molecule has 1 aliphatic rings. The lowest BCUT2D eigenvalue weighted by Gasteiger charge is -2.19. The average Bonchev–Trinajstić information content (AvgIpc) is 2.55. The highest BCUT2D eigenvalue weighted by molar-refractivity contribution is 7.89. The molecular formula is C12H17NO3S. The van der Waals surface area contributed by atoms with E-state index >= 15 is 0 Å². The van der Waals surface area contributed by atoms with Gasteiger partial charge in [0.15, 0.2) is 0 Å². The van der Waals surface area contributed by atoms with Crippen LogP contribution in [0.5, 0.6) is 0 Å². The van der Waals surface area contributed by atoms with E-state index in [1.54, 1.807) is 30.3 Å². The van der Waals surface area contributed by atoms with Gasteiger partial charge in [-0.2, -0.15) is 4.31 Å². The molecule has 1 aromatic carbocycles. The molecule has 1 fully saturated rings. The highest BCUT2D eigenvalue weighted by Gasteiger charge is 2.26. The van der Waals surface area contributed by atoms with E-state index in [4.69, 9.17) is 0 Å². The topological polar surface area (TPSA) is 57.6 Å². The zero-order valence-electron chi connectivity index (χ0n) is 9.62. The van der Waals surface area contributed by atoms with Crippen LogP contribution in [0.15, 0.2) is 35.2 Å². The van der Waals surface area contributed by atoms with Crippen LogP contribution >= 0.6 is 0 Å². The summed E-state index contributed by atoms with van der Waals surface area (Å²) in [6, 6.07) is 8.46. The second kappa shape index (κ2) is 5.16. The normalized spacial score (nSPS) is 23.2. The van der Waals surface area contributed by atoms with Gasteiger partial charge in [0.1, 0.15) is 0 Å². The number of hydrogen-bond donors (Lipinski definition) is 1. The van der Waals surface area contributed by atoms with Crippen LogP contribution in [0.3, 0.4) is 0 Å². The standard InChI is InChI=1S/C12H17NO3S/c14-11-5-4-9-13(10-8-11)17(15,16)12-6-2-1-3-7-12/h1-3,6-7,11,14H,4-5,8-10H2. The molecule has 1 aliphatic heterocycles. The van der Waals surface area contributed by atoms with E-state index in [9.17, 15) is 13.5 Å². The number of aliphatic hydroxyl groups is 1. The first-order valence-corrected chi connectivity index (χ1v) is 7.28. The third-order valence-electron chi connectivity index (χ3n) is 3.04. The number of sulfonamides is 1. The minimum atomic E-state index is -3.39. The summed E-state index contributed by atoms with van der Waals surface area (Å²) in [6.45, 7) is 0.896. The summed E-state index contributed by atoms with van der Waals surface area (Å²) in [5.74, 6) is 0. The molecule has 5 heteroatoms. The summed E-state index contributed by atoms with van der Waals surface area (Å²) < 4.78 is 26.1. The average molecular weight is 255 g/mol. The van der Waals surface area contributed by atoms with E-state index in [2.05, 4.69) is 0 Å². The molecule has 2 rings (SSSR count). The zero-order chi connectivity index (χ0) is 12.3. The summed E-state index contributed by atoms with van der Waals surface area (Å²) >= 11 is 0. The summed E-state index contributed by atoms with van der Waals surface area (Å²) in [5.41, 5.74) is 0. The highest BCUT2D eigenvalue weighted by atomic mass is 32.2. The van der Waals surface area contributed by atoms with Crippen LogP contribution in [0.2, 0.25) is 0 Å². The number of hydrogen-bond acceptors (Lipinski definition) is 3. The summed E-state index contributed by atoms with van der Waals surface area (Å²) in [6.07, 6.45) is 1.55. The van der Waals surface area contributed by atoms with Crippen molar-refractivity contribution >= 4 is 10.0 Å². The van der Waals surface area contributed by atoms with Crippen molar-refractivity contribution < 1.29 is 13.5 Å². The molecular weight excluding hydrogens is 238 g/mol. The molecule has 0 amide bonds. The van der Waals surface area contributed by atoms with E-state index in [0.717, 1.165) is 0 Å². The van der Waals surface area contributed by atoms with Gasteiger partial charge in [0.05, 0.1) is 11.0 Å². The monoisotopic (exact) mass is 255 g/mol. The van der Waals surface area contributed by atoms with Crippen LogP contribution in [0.1, 0.15) is 19.3 Å². The minimum Gasteiger partial charge on any atom is -0.393 e. The highest BCUT2D eigenvalue weighted by Crippen LogP contribution is 2.19. The first-order valence-electron chi connectivity index (χ1n) is 5.84. The maximum Gasteiger partial charge on any atom is 0.243 e. The fourth-order valence-corrected chi connectivity index (χ4v) is 3.55. The third kappa shape index (κ3) is 2.86. The van der Waals surface area contributed by atoms with Crippen molar-refractivity contribution in [2.75, 3.05) is 13.1 Å². The SMILES string of the molecule is O=S(=O)(c1ccccc1)N1CCCC(O)CC1. The Labute approximate surface area is 102 Å². The molecule has 1 atom stereocenters. The number of benzene rings is 1. The first-order chi connectivity index (χ1) is 8.10. The van der Waals surface area contributed by atoms with Gasteiger partial charge in [-0.3, -0.25) is 0 Å². The Morgan fingerprint density at radius 3 is 2.53 bits per heavy atom. The molecule has 0 saturated carbocycles. The molecule has 0 aromatic heterocycles. The van der Waals surface area contributed by atoms with Crippen LogP contribution in [-0.4, -0.2) is 37.0 Å². The Bertz CT molecular complexity index is 458. The Morgan fingerprint density at radius 2 is 1.82 bits per heavy atom. The van der Waals surface area contributed by atoms with Crippen LogP contribution in [0.25, 0.3) is 0 Å². The number of aliphatic hydroxyl groups excluding tert-OH is 1. The van der Waals surface area contributed by atoms with Gasteiger partial charge >= 0.3 is 0 Å². The molecule has 17 heavy (non-hydrogen) atoms. The van der Waals surface area contributed by atoms with Crippen molar-refractivity contribution in [3.8, 4) is 0 Å². The Kier molecular flexibility index (Phi) is 3.81. The Hall–Kier alpha value is -0.910. The fraction of sp³-hybridized carbons (Fsp3) is 0.500. The van der Waals surface area contributed by atoms with E-state index in [-0.39, 0.29) is 6.10 Å². The molecule has 0 aliphatic carbocycles. The molecule has 1 heterocycles. The van der Waals surface area contributed by atoms with Gasteiger partial charge in [0, 0.05) is 13.1 Å². The maximum absolute atomic E-state index is 12.3. The largest absolute Gasteiger partial charge is 0.393 e. The van der Waals surface area contributed by atoms with E-state index in [1.165, 1.54) is 4.31 Å². The summed E-state index contributed by atoms with van der Waals surface area (Å²) in [5, 5.41) is 9.52. The lowest BCUT2D eigenvalue weighted by molar-refractivity contribution is 0.159. The van der Waals surface area contributed by atoms with Crippen molar-refractivity contribution in [3.63, 3.8) is 0 Å². The molecule has 1 unspecified atom stereocenters.